The van der Waals surface area contributed by atoms with Gasteiger partial charge in [-0.3, -0.25) is 9.69 Å². The van der Waals surface area contributed by atoms with Gasteiger partial charge in [-0.2, -0.15) is 0 Å². The van der Waals surface area contributed by atoms with E-state index in [0.29, 0.717) is 24.2 Å². The Balaban J connectivity index is 0.00000196. The van der Waals surface area contributed by atoms with E-state index in [1.807, 2.05) is 0 Å². The second-order valence-electron chi connectivity index (χ2n) is 8.30. The van der Waals surface area contributed by atoms with Crippen molar-refractivity contribution in [2.24, 2.45) is 17.8 Å². The number of amides is 1. The summed E-state index contributed by atoms with van der Waals surface area (Å²) in [5.41, 5.74) is 1.39. The van der Waals surface area contributed by atoms with Gasteiger partial charge >= 0.3 is 0 Å². The number of rotatable bonds is 7. The minimum absolute atomic E-state index is 0. The molecule has 6 heteroatoms. The van der Waals surface area contributed by atoms with E-state index in [9.17, 15) is 4.79 Å². The second kappa shape index (κ2) is 13.4. The van der Waals surface area contributed by atoms with Crippen LogP contribution in [0.5, 0.6) is 0 Å². The van der Waals surface area contributed by atoms with Gasteiger partial charge in [0.15, 0.2) is 0 Å². The molecule has 2 heterocycles. The summed E-state index contributed by atoms with van der Waals surface area (Å²) >= 11 is 0. The number of likely N-dealkylation sites (tertiary alicyclic amines) is 1. The van der Waals surface area contributed by atoms with Crippen LogP contribution in [0.1, 0.15) is 44.6 Å². The number of hydrogen-bond acceptors (Lipinski definition) is 3. The molecule has 2 aliphatic heterocycles. The number of hydrogen-bond donors (Lipinski definition) is 2. The first kappa shape index (κ1) is 25.2. The van der Waals surface area contributed by atoms with Crippen LogP contribution in [0.2, 0.25) is 0 Å². The maximum absolute atomic E-state index is 12.3. The normalized spacial score (nSPS) is 21.8. The van der Waals surface area contributed by atoms with Crippen molar-refractivity contribution in [3.8, 4) is 0 Å². The summed E-state index contributed by atoms with van der Waals surface area (Å²) < 4.78 is 0. The lowest BCUT2D eigenvalue weighted by Gasteiger charge is -2.32. The first-order valence-corrected chi connectivity index (χ1v) is 10.4. The quantitative estimate of drug-likeness (QED) is 0.690. The predicted molar refractivity (Wildman–Crippen MR) is 121 cm³/mol. The maximum atomic E-state index is 12.3. The minimum Gasteiger partial charge on any atom is -0.356 e. The van der Waals surface area contributed by atoms with Crippen molar-refractivity contribution in [2.45, 2.75) is 45.6 Å². The fourth-order valence-electron chi connectivity index (χ4n) is 4.34. The first-order valence-electron chi connectivity index (χ1n) is 10.4. The van der Waals surface area contributed by atoms with E-state index in [1.54, 1.807) is 0 Å². The van der Waals surface area contributed by atoms with Gasteiger partial charge in [-0.15, -0.1) is 24.8 Å². The molecule has 2 fully saturated rings. The molecule has 0 aliphatic carbocycles. The Labute approximate surface area is 183 Å². The summed E-state index contributed by atoms with van der Waals surface area (Å²) in [6.07, 6.45) is 5.57. The molecule has 2 atom stereocenters. The predicted octanol–water partition coefficient (Wildman–Crippen LogP) is 3.88. The van der Waals surface area contributed by atoms with Crippen LogP contribution >= 0.6 is 24.8 Å². The van der Waals surface area contributed by atoms with Crippen molar-refractivity contribution in [1.29, 1.82) is 0 Å². The van der Waals surface area contributed by atoms with E-state index in [0.717, 1.165) is 39.3 Å². The zero-order valence-electron chi connectivity index (χ0n) is 17.1. The molecule has 0 bridgehead atoms. The van der Waals surface area contributed by atoms with Crippen LogP contribution in [0.25, 0.3) is 0 Å². The van der Waals surface area contributed by atoms with Gasteiger partial charge in [0, 0.05) is 19.5 Å². The highest BCUT2D eigenvalue weighted by Gasteiger charge is 2.23. The first-order chi connectivity index (χ1) is 12.7. The molecule has 1 amide bonds. The van der Waals surface area contributed by atoms with E-state index >= 15 is 0 Å². The van der Waals surface area contributed by atoms with Gasteiger partial charge in [0.2, 0.25) is 5.91 Å². The standard InChI is InChI=1S/C22H35N3O.2ClH/c1-18(21-8-5-11-23-16-21)14-22(26)24-15-19-9-12-25(13-10-19)17-20-6-3-2-4-7-20;;/h2-4,6-7,18-19,21,23H,5,8-17H2,1H3,(H,24,26);2*1H. The lowest BCUT2D eigenvalue weighted by molar-refractivity contribution is -0.122. The van der Waals surface area contributed by atoms with Crippen molar-refractivity contribution < 1.29 is 4.79 Å². The van der Waals surface area contributed by atoms with Crippen molar-refractivity contribution in [3.05, 3.63) is 35.9 Å². The Hall–Kier alpha value is -0.810. The van der Waals surface area contributed by atoms with Crippen molar-refractivity contribution in [3.63, 3.8) is 0 Å². The average molecular weight is 430 g/mol. The summed E-state index contributed by atoms with van der Waals surface area (Å²) in [6.45, 7) is 8.63. The molecule has 2 N–H and O–H groups in total. The second-order valence-corrected chi connectivity index (χ2v) is 8.30. The molecule has 2 aliphatic rings. The summed E-state index contributed by atoms with van der Waals surface area (Å²) in [7, 11) is 0. The van der Waals surface area contributed by atoms with Gasteiger partial charge in [-0.25, -0.2) is 0 Å². The fraction of sp³-hybridized carbons (Fsp3) is 0.682. The average Bonchev–Trinajstić information content (AvgIpc) is 2.69. The third kappa shape index (κ3) is 8.28. The number of nitrogens with zero attached hydrogens (tertiary/aromatic N) is 1. The highest BCUT2D eigenvalue weighted by Crippen LogP contribution is 2.23. The number of nitrogens with one attached hydrogen (secondary N) is 2. The molecule has 160 valence electrons. The van der Waals surface area contributed by atoms with Gasteiger partial charge < -0.3 is 10.6 Å². The van der Waals surface area contributed by atoms with E-state index < -0.39 is 0 Å². The van der Waals surface area contributed by atoms with E-state index in [1.165, 1.54) is 31.2 Å². The van der Waals surface area contributed by atoms with Gasteiger partial charge in [0.25, 0.3) is 0 Å². The van der Waals surface area contributed by atoms with Gasteiger partial charge in [-0.1, -0.05) is 37.3 Å². The Kier molecular flexibility index (Phi) is 12.1. The molecule has 4 nitrogen and oxygen atoms in total. The molecule has 1 aromatic rings. The van der Waals surface area contributed by atoms with Crippen LogP contribution in [0.4, 0.5) is 0 Å². The van der Waals surface area contributed by atoms with Crippen molar-refractivity contribution >= 4 is 30.7 Å². The Morgan fingerprint density at radius 2 is 1.89 bits per heavy atom. The Morgan fingerprint density at radius 3 is 2.54 bits per heavy atom. The van der Waals surface area contributed by atoms with Gasteiger partial charge in [-0.05, 0) is 75.2 Å². The molecular formula is C22H37Cl2N3O. The lowest BCUT2D eigenvalue weighted by atomic mass is 9.85. The van der Waals surface area contributed by atoms with Gasteiger partial charge in [0.05, 0.1) is 0 Å². The fourth-order valence-corrected chi connectivity index (χ4v) is 4.34. The van der Waals surface area contributed by atoms with Crippen LogP contribution < -0.4 is 10.6 Å². The Morgan fingerprint density at radius 1 is 1.18 bits per heavy atom. The molecular weight excluding hydrogens is 393 g/mol. The highest BCUT2D eigenvalue weighted by atomic mass is 35.5. The number of piperidine rings is 2. The highest BCUT2D eigenvalue weighted by molar-refractivity contribution is 5.85. The largest absolute Gasteiger partial charge is 0.356 e. The molecule has 1 aromatic carbocycles. The summed E-state index contributed by atoms with van der Waals surface area (Å²) in [5, 5.41) is 6.67. The van der Waals surface area contributed by atoms with Crippen molar-refractivity contribution in [1.82, 2.24) is 15.5 Å². The molecule has 0 radical (unpaired) electrons. The van der Waals surface area contributed by atoms with E-state index in [-0.39, 0.29) is 30.7 Å². The lowest BCUT2D eigenvalue weighted by Crippen LogP contribution is -2.39. The number of carbonyl (C=O) groups is 1. The van der Waals surface area contributed by atoms with Crippen LogP contribution in [0.3, 0.4) is 0 Å². The van der Waals surface area contributed by atoms with Crippen LogP contribution in [-0.2, 0) is 11.3 Å². The van der Waals surface area contributed by atoms with Crippen LogP contribution in [0, 0.1) is 17.8 Å². The molecule has 0 saturated carbocycles. The van der Waals surface area contributed by atoms with Crippen LogP contribution in [-0.4, -0.2) is 43.5 Å². The molecule has 0 aromatic heterocycles. The summed E-state index contributed by atoms with van der Waals surface area (Å²) in [5.74, 6) is 2.03. The third-order valence-electron chi connectivity index (χ3n) is 6.19. The smallest absolute Gasteiger partial charge is 0.220 e. The SMILES string of the molecule is CC(CC(=O)NCC1CCN(Cc2ccccc2)CC1)C1CCCNC1.Cl.Cl. The molecule has 0 spiro atoms. The molecule has 2 saturated heterocycles. The minimum atomic E-state index is 0. The van der Waals surface area contributed by atoms with Crippen LogP contribution in [0.15, 0.2) is 30.3 Å². The third-order valence-corrected chi connectivity index (χ3v) is 6.19. The summed E-state index contributed by atoms with van der Waals surface area (Å²) in [6, 6.07) is 10.7. The Bertz CT molecular complexity index is 544. The molecule has 28 heavy (non-hydrogen) atoms. The van der Waals surface area contributed by atoms with Crippen molar-refractivity contribution in [2.75, 3.05) is 32.7 Å². The van der Waals surface area contributed by atoms with Gasteiger partial charge in [0.1, 0.15) is 0 Å². The number of halogens is 2. The zero-order chi connectivity index (χ0) is 18.2. The zero-order valence-corrected chi connectivity index (χ0v) is 18.7. The molecule has 2 unspecified atom stereocenters. The number of carbonyl (C=O) groups excluding carboxylic acids is 1. The van der Waals surface area contributed by atoms with E-state index in [2.05, 4.69) is 52.8 Å². The molecule has 3 rings (SSSR count). The topological polar surface area (TPSA) is 44.4 Å². The summed E-state index contributed by atoms with van der Waals surface area (Å²) in [4.78, 5) is 14.8. The number of benzene rings is 1. The maximum Gasteiger partial charge on any atom is 0.220 e. The van der Waals surface area contributed by atoms with E-state index in [4.69, 9.17) is 0 Å². The monoisotopic (exact) mass is 429 g/mol.